The molecule has 0 aliphatic heterocycles. The second-order valence-electron chi connectivity index (χ2n) is 33.1. The van der Waals surface area contributed by atoms with Crippen molar-refractivity contribution < 1.29 is 0 Å². The summed E-state index contributed by atoms with van der Waals surface area (Å²) in [6, 6.07) is 103. The van der Waals surface area contributed by atoms with E-state index in [1.54, 1.807) is 0 Å². The fourth-order valence-electron chi connectivity index (χ4n) is 16.6. The molecule has 9 nitrogen and oxygen atoms in total. The molecule has 19 rings (SSSR count). The topological polar surface area (TPSA) is 78.1 Å². The predicted octanol–water partition coefficient (Wildman–Crippen LogP) is 25.1. The van der Waals surface area contributed by atoms with Crippen molar-refractivity contribution in [1.82, 2.24) is 37.0 Å². The number of benzene rings is 13. The van der Waals surface area contributed by atoms with Crippen LogP contribution in [0.25, 0.3) is 167 Å². The summed E-state index contributed by atoms with van der Waals surface area (Å²) in [6.07, 6.45) is 0. The second-order valence-corrected chi connectivity index (χ2v) is 33.1. The van der Waals surface area contributed by atoms with Crippen molar-refractivity contribution in [1.29, 1.82) is 5.26 Å². The van der Waals surface area contributed by atoms with Crippen molar-refractivity contribution in [3.8, 4) is 73.3 Å². The third-order valence-corrected chi connectivity index (χ3v) is 22.3. The lowest BCUT2D eigenvalue weighted by Crippen LogP contribution is -2.11. The summed E-state index contributed by atoms with van der Waals surface area (Å²) in [5.74, 6) is 1.61. The Labute approximate surface area is 616 Å². The Morgan fingerprint density at radius 2 is 0.566 bits per heavy atom. The molecule has 514 valence electrons. The minimum absolute atomic E-state index is 0.154. The molecule has 6 aromatic heterocycles. The fraction of sp³-hybridized carbons (Fsp3) is 0.165. The summed E-state index contributed by atoms with van der Waals surface area (Å²) in [4.78, 5) is 11.2. The average Bonchev–Trinajstić information content (AvgIpc) is 1.50. The fourth-order valence-corrected chi connectivity index (χ4v) is 16.6. The van der Waals surface area contributed by atoms with Gasteiger partial charge in [0.25, 0.3) is 0 Å². The highest BCUT2D eigenvalue weighted by molar-refractivity contribution is 6.14. The number of fused-ring (bicyclic) bond motifs is 16. The molecule has 0 amide bonds. The summed E-state index contributed by atoms with van der Waals surface area (Å²) >= 11 is 0. The Morgan fingerprint density at radius 1 is 0.264 bits per heavy atom. The van der Waals surface area contributed by atoms with Gasteiger partial charge in [-0.3, -0.25) is 17.9 Å². The molecule has 0 saturated heterocycles. The van der Waals surface area contributed by atoms with Gasteiger partial charge in [-0.2, -0.15) is 5.26 Å². The third-order valence-electron chi connectivity index (χ3n) is 22.3. The Kier molecular flexibility index (Phi) is 14.1. The van der Waals surface area contributed by atoms with Crippen LogP contribution in [0.5, 0.6) is 0 Å². The maximum absolute atomic E-state index is 13.3. The molecule has 0 fully saturated rings. The normalized spacial score (nSPS) is 12.7. The molecule has 6 heterocycles. The van der Waals surface area contributed by atoms with Crippen LogP contribution in [0.2, 0.25) is 0 Å². The lowest BCUT2D eigenvalue weighted by Gasteiger charge is -2.24. The molecule has 19 aromatic rings. The van der Waals surface area contributed by atoms with Crippen LogP contribution >= 0.6 is 0 Å². The van der Waals surface area contributed by atoms with Gasteiger partial charge in [0, 0.05) is 44.0 Å². The third kappa shape index (κ3) is 10.0. The van der Waals surface area contributed by atoms with Gasteiger partial charge < -0.3 is 9.13 Å². The first-order chi connectivity index (χ1) is 51.0. The predicted molar refractivity (Wildman–Crippen MR) is 443 cm³/mol. The molecule has 0 atom stereocenters. The van der Waals surface area contributed by atoms with Crippen LogP contribution in [0.15, 0.2) is 273 Å². The molecule has 0 bridgehead atoms. The molecule has 0 unspecified atom stereocenters. The Hall–Kier alpha value is -12.5. The molecule has 106 heavy (non-hydrogen) atoms. The van der Waals surface area contributed by atoms with Gasteiger partial charge in [-0.15, -0.1) is 0 Å². The van der Waals surface area contributed by atoms with Crippen molar-refractivity contribution in [2.24, 2.45) is 0 Å². The van der Waals surface area contributed by atoms with Gasteiger partial charge in [-0.05, 0) is 205 Å². The van der Waals surface area contributed by atoms with E-state index in [-0.39, 0.29) is 21.7 Å². The van der Waals surface area contributed by atoms with E-state index < -0.39 is 0 Å². The largest absolute Gasteiger partial charge is 0.307 e. The Balaban J connectivity index is 0.998. The summed E-state index contributed by atoms with van der Waals surface area (Å²) < 4.78 is 14.1. The molecule has 0 aliphatic carbocycles. The van der Waals surface area contributed by atoms with Crippen molar-refractivity contribution in [3.63, 3.8) is 0 Å². The van der Waals surface area contributed by atoms with Gasteiger partial charge in [0.05, 0.1) is 77.6 Å². The van der Waals surface area contributed by atoms with Crippen molar-refractivity contribution >= 4 is 99.3 Å². The van der Waals surface area contributed by atoms with Gasteiger partial charge >= 0.3 is 0 Å². The number of hydrogen-bond acceptors (Lipinski definition) is 3. The lowest BCUT2D eigenvalue weighted by atomic mass is 9.85. The van der Waals surface area contributed by atoms with E-state index in [9.17, 15) is 5.26 Å². The van der Waals surface area contributed by atoms with E-state index in [0.717, 1.165) is 167 Å². The van der Waals surface area contributed by atoms with Crippen molar-refractivity contribution in [2.45, 2.75) is 105 Å². The minimum Gasteiger partial charge on any atom is -0.307 e. The van der Waals surface area contributed by atoms with Gasteiger partial charge in [-0.25, -0.2) is 9.97 Å². The molecule has 0 aliphatic rings. The van der Waals surface area contributed by atoms with E-state index >= 15 is 0 Å². The zero-order valence-electron chi connectivity index (χ0n) is 62.0. The summed E-state index contributed by atoms with van der Waals surface area (Å²) in [5.41, 5.74) is 28.4. The van der Waals surface area contributed by atoms with Crippen LogP contribution in [0, 0.1) is 11.3 Å². The highest BCUT2D eigenvalue weighted by atomic mass is 15.2. The Morgan fingerprint density at radius 3 is 0.887 bits per heavy atom. The van der Waals surface area contributed by atoms with E-state index in [4.69, 9.17) is 9.97 Å². The summed E-state index contributed by atoms with van der Waals surface area (Å²) in [5, 5.41) is 17.8. The van der Waals surface area contributed by atoms with Gasteiger partial charge in [0.1, 0.15) is 11.6 Å². The highest BCUT2D eigenvalue weighted by Crippen LogP contribution is 2.50. The minimum atomic E-state index is -0.154. The highest BCUT2D eigenvalue weighted by Gasteiger charge is 2.32. The van der Waals surface area contributed by atoms with Crippen LogP contribution in [-0.2, 0) is 21.7 Å². The molecule has 0 saturated carbocycles. The Bertz CT molecular complexity index is 6340. The maximum atomic E-state index is 13.3. The molecule has 13 aromatic carbocycles. The first-order valence-electron chi connectivity index (χ1n) is 37.0. The first kappa shape index (κ1) is 64.3. The number of nitriles is 1. The lowest BCUT2D eigenvalue weighted by molar-refractivity contribution is 0.590. The molecule has 9 heteroatoms. The first-order valence-corrected chi connectivity index (χ1v) is 37.0. The van der Waals surface area contributed by atoms with Crippen LogP contribution in [0.4, 0.5) is 0 Å². The van der Waals surface area contributed by atoms with Crippen LogP contribution < -0.4 is 0 Å². The quantitative estimate of drug-likeness (QED) is 0.152. The monoisotopic (exact) mass is 1370 g/mol. The van der Waals surface area contributed by atoms with E-state index in [1.807, 2.05) is 0 Å². The number of imidazole rings is 4. The molecule has 0 radical (unpaired) electrons. The molecular formula is C97H81N9. The molecule has 0 N–H and O–H groups in total. The summed E-state index contributed by atoms with van der Waals surface area (Å²) in [7, 11) is 0. The van der Waals surface area contributed by atoms with E-state index in [1.165, 1.54) is 22.3 Å². The van der Waals surface area contributed by atoms with Gasteiger partial charge in [0.15, 0.2) is 0 Å². The van der Waals surface area contributed by atoms with Crippen LogP contribution in [0.1, 0.15) is 111 Å². The average molecular weight is 1370 g/mol. The van der Waals surface area contributed by atoms with Gasteiger partial charge in [-0.1, -0.05) is 229 Å². The zero-order chi connectivity index (χ0) is 72.6. The van der Waals surface area contributed by atoms with E-state index in [0.29, 0.717) is 5.56 Å². The smallest absolute Gasteiger partial charge is 0.220 e. The van der Waals surface area contributed by atoms with E-state index in [2.05, 4.69) is 389 Å². The SMILES string of the molecule is CC(C)(C)c1ccc2c(c1)c1cc(C(C)(C)C)ccc1n2-c1c(-c2ccc3nc4n(-c5ccccc5)c5ccc(-c6ccccc6)cc5n4c3c2)cc(-c2ccc3nc4n(-c5ccccc5)c5ccc(-c6ccccc6)cc5n4c3c2)c(-n2c3ccc(C(C)(C)C)cc3c3cc(C(C)(C)C)ccc32)c1C#N. The second kappa shape index (κ2) is 23.2. The number of nitrogens with zero attached hydrogens (tertiary/aromatic N) is 9. The number of rotatable bonds is 8. The van der Waals surface area contributed by atoms with Crippen LogP contribution in [0.3, 0.4) is 0 Å². The standard InChI is InChI=1S/C97H81N9/c1-94(2,3)65-37-45-80-73(53-65)74-54-66(95(4,5)6)38-46-81(74)103(80)90-71(63-33-41-78-86(51-63)105-88-49-61(59-25-17-13-18-26-59)35-43-84(88)101(92(105)99-78)69-29-21-15-22-30-69)57-72(91(77(90)58-98)104-82-47-39-67(96(7,8)9)55-75(82)76-56-68(97(10,11)12)40-48-83(76)104)64-34-42-79-87(52-64)106-89-50-62(60-27-19-14-20-28-60)36-44-85(89)102(93(106)100-79)70-31-23-16-24-32-70/h13-57H,1-12H3. The summed E-state index contributed by atoms with van der Waals surface area (Å²) in [6.45, 7) is 27.6. The number of aromatic nitrogens is 8. The number of hydrogen-bond donors (Lipinski definition) is 0. The molecule has 0 spiro atoms. The number of para-hydroxylation sites is 2. The van der Waals surface area contributed by atoms with Crippen molar-refractivity contribution in [3.05, 3.63) is 301 Å². The zero-order valence-corrected chi connectivity index (χ0v) is 62.0. The van der Waals surface area contributed by atoms with Gasteiger partial charge in [0.2, 0.25) is 11.6 Å². The molecular weight excluding hydrogens is 1290 g/mol. The maximum Gasteiger partial charge on any atom is 0.220 e. The van der Waals surface area contributed by atoms with Crippen molar-refractivity contribution in [2.75, 3.05) is 0 Å². The van der Waals surface area contributed by atoms with Crippen LogP contribution in [-0.4, -0.2) is 37.0 Å².